The molecule has 0 bridgehead atoms. The van der Waals surface area contributed by atoms with Crippen molar-refractivity contribution in [2.45, 2.75) is 70.8 Å². The van der Waals surface area contributed by atoms with Crippen molar-refractivity contribution in [1.82, 2.24) is 20.1 Å². The van der Waals surface area contributed by atoms with Crippen LogP contribution in [0, 0.1) is 11.8 Å². The Kier molecular flexibility index (Phi) is 12.2. The van der Waals surface area contributed by atoms with E-state index >= 15 is 0 Å². The summed E-state index contributed by atoms with van der Waals surface area (Å²) in [5.74, 6) is 2.09. The molecule has 2 aliphatic heterocycles. The van der Waals surface area contributed by atoms with Crippen molar-refractivity contribution in [2.75, 3.05) is 32.7 Å². The van der Waals surface area contributed by atoms with Gasteiger partial charge in [0, 0.05) is 55.3 Å². The average Bonchev–Trinajstić information content (AvgIpc) is 3.63. The van der Waals surface area contributed by atoms with Crippen LogP contribution in [0.1, 0.15) is 78.4 Å². The molecular weight excluding hydrogens is 657 g/mol. The Morgan fingerprint density at radius 3 is 2.26 bits per heavy atom. The van der Waals surface area contributed by atoms with Gasteiger partial charge in [-0.1, -0.05) is 79.9 Å². The summed E-state index contributed by atoms with van der Waals surface area (Å²) < 4.78 is 0. The first-order valence-corrected chi connectivity index (χ1v) is 19.8. The fraction of sp³-hybridized carbons (Fsp3) is 0.391. The number of aryl methyl sites for hydroxylation is 1. The molecule has 276 valence electrons. The van der Waals surface area contributed by atoms with E-state index in [2.05, 4.69) is 46.7 Å². The predicted octanol–water partition coefficient (Wildman–Crippen LogP) is 8.77. The van der Waals surface area contributed by atoms with Crippen molar-refractivity contribution in [3.8, 4) is 16.9 Å². The summed E-state index contributed by atoms with van der Waals surface area (Å²) in [4.78, 5) is 34.9. The van der Waals surface area contributed by atoms with Crippen molar-refractivity contribution in [2.24, 2.45) is 11.8 Å². The first-order chi connectivity index (χ1) is 26.0. The highest BCUT2D eigenvalue weighted by atomic mass is 16.3. The molecule has 2 saturated heterocycles. The zero-order chi connectivity index (χ0) is 36.4. The number of aromatic nitrogens is 1. The lowest BCUT2D eigenvalue weighted by atomic mass is 9.87. The van der Waals surface area contributed by atoms with E-state index in [0.29, 0.717) is 32.4 Å². The Bertz CT molecular complexity index is 1950. The Balaban J connectivity index is 0.981. The molecule has 3 heterocycles. The lowest BCUT2D eigenvalue weighted by Gasteiger charge is -2.32. The number of aromatic hydroxyl groups is 1. The zero-order valence-corrected chi connectivity index (χ0v) is 30.9. The van der Waals surface area contributed by atoms with Crippen LogP contribution in [0.4, 0.5) is 0 Å². The Morgan fingerprint density at radius 2 is 1.47 bits per heavy atom. The molecule has 0 unspecified atom stereocenters. The molecule has 4 aromatic carbocycles. The second-order valence-electron chi connectivity index (χ2n) is 15.2. The number of amides is 2. The number of carbonyl (C=O) groups is 2. The molecule has 7 rings (SSSR count). The fourth-order valence-electron chi connectivity index (χ4n) is 8.33. The van der Waals surface area contributed by atoms with Gasteiger partial charge in [0.25, 0.3) is 5.91 Å². The summed E-state index contributed by atoms with van der Waals surface area (Å²) in [7, 11) is 0. The van der Waals surface area contributed by atoms with E-state index in [0.717, 1.165) is 82.1 Å². The smallest absolute Gasteiger partial charge is 0.253 e. The maximum atomic E-state index is 13.8. The quantitative estimate of drug-likeness (QED) is 0.108. The van der Waals surface area contributed by atoms with Gasteiger partial charge in [-0.05, 0) is 128 Å². The highest BCUT2D eigenvalue weighted by Gasteiger charge is 2.24. The van der Waals surface area contributed by atoms with Crippen LogP contribution in [0.5, 0.6) is 5.75 Å². The summed E-state index contributed by atoms with van der Waals surface area (Å²) in [5.41, 5.74) is 7.13. The van der Waals surface area contributed by atoms with Crippen molar-refractivity contribution in [3.05, 3.63) is 126 Å². The van der Waals surface area contributed by atoms with Gasteiger partial charge in [0.05, 0.1) is 0 Å². The van der Waals surface area contributed by atoms with Crippen molar-refractivity contribution < 1.29 is 14.7 Å². The summed E-state index contributed by atoms with van der Waals surface area (Å²) in [5, 5.41) is 14.4. The predicted molar refractivity (Wildman–Crippen MR) is 214 cm³/mol. The first-order valence-electron chi connectivity index (χ1n) is 19.8. The van der Waals surface area contributed by atoms with Gasteiger partial charge < -0.3 is 25.2 Å². The summed E-state index contributed by atoms with van der Waals surface area (Å²) in [6.07, 6.45) is 12.6. The van der Waals surface area contributed by atoms with Crippen molar-refractivity contribution in [3.63, 3.8) is 0 Å². The number of benzene rings is 4. The third kappa shape index (κ3) is 9.76. The summed E-state index contributed by atoms with van der Waals surface area (Å²) >= 11 is 0. The maximum absolute atomic E-state index is 13.8. The zero-order valence-electron chi connectivity index (χ0n) is 30.9. The van der Waals surface area contributed by atoms with Gasteiger partial charge in [-0.3, -0.25) is 9.59 Å². The van der Waals surface area contributed by atoms with Gasteiger partial charge >= 0.3 is 0 Å². The molecule has 7 heteroatoms. The Labute approximate surface area is 314 Å². The first kappa shape index (κ1) is 36.5. The molecule has 0 radical (unpaired) electrons. The van der Waals surface area contributed by atoms with Crippen molar-refractivity contribution in [1.29, 1.82) is 0 Å². The number of phenolic OH excluding ortho intramolecular Hbond substituents is 1. The van der Waals surface area contributed by atoms with Crippen LogP contribution in [-0.2, 0) is 24.2 Å². The standard InChI is InChI=1S/C46H54N4O3/c51-42-17-14-36(15-18-42)24-29-50(45(52)19-16-41-32-48-44-13-2-1-12-43(41)44)33-37-8-4-9-38(30-37)39-10-5-11-40(31-39)46(53)49-27-22-35(23-28-49)7-3-6-34-20-25-47-26-21-34/h1-2,4-5,8-15,17-18,30-32,34-35,47-48,51H,3,6-7,16,19-29,33H2. The monoisotopic (exact) mass is 710 g/mol. The highest BCUT2D eigenvalue weighted by molar-refractivity contribution is 5.95. The summed E-state index contributed by atoms with van der Waals surface area (Å²) in [6.45, 7) is 5.09. The molecule has 0 atom stereocenters. The fourth-order valence-corrected chi connectivity index (χ4v) is 8.33. The number of H-pyrrole nitrogens is 1. The number of hydrogen-bond donors (Lipinski definition) is 3. The number of phenols is 1. The molecule has 2 aliphatic rings. The van der Waals surface area contributed by atoms with Crippen LogP contribution in [-0.4, -0.2) is 64.4 Å². The number of carbonyl (C=O) groups excluding carboxylic acids is 2. The number of piperidine rings is 2. The molecule has 2 fully saturated rings. The number of nitrogens with one attached hydrogen (secondary N) is 2. The topological polar surface area (TPSA) is 88.7 Å². The number of hydrogen-bond acceptors (Lipinski definition) is 4. The van der Waals surface area contributed by atoms with E-state index in [1.165, 1.54) is 45.2 Å². The van der Waals surface area contributed by atoms with Gasteiger partial charge in [0.1, 0.15) is 5.75 Å². The Morgan fingerprint density at radius 1 is 0.755 bits per heavy atom. The summed E-state index contributed by atoms with van der Waals surface area (Å²) in [6, 6.07) is 31.8. The van der Waals surface area contributed by atoms with Crippen molar-refractivity contribution >= 4 is 22.7 Å². The number of para-hydroxylation sites is 1. The molecule has 0 saturated carbocycles. The molecule has 53 heavy (non-hydrogen) atoms. The van der Waals surface area contributed by atoms with E-state index in [1.807, 2.05) is 64.5 Å². The number of likely N-dealkylation sites (tertiary alicyclic amines) is 1. The number of nitrogens with zero attached hydrogens (tertiary/aromatic N) is 2. The average molecular weight is 711 g/mol. The Hall–Kier alpha value is -4.88. The van der Waals surface area contributed by atoms with E-state index in [1.54, 1.807) is 12.1 Å². The largest absolute Gasteiger partial charge is 0.508 e. The number of rotatable bonds is 14. The molecule has 0 spiro atoms. The van der Waals surface area contributed by atoms with Crippen LogP contribution in [0.2, 0.25) is 0 Å². The van der Waals surface area contributed by atoms with Crippen LogP contribution in [0.25, 0.3) is 22.0 Å². The maximum Gasteiger partial charge on any atom is 0.253 e. The number of aromatic amines is 1. The van der Waals surface area contributed by atoms with Crippen LogP contribution >= 0.6 is 0 Å². The number of fused-ring (bicyclic) bond motifs is 1. The van der Waals surface area contributed by atoms with E-state index in [-0.39, 0.29) is 17.6 Å². The highest BCUT2D eigenvalue weighted by Crippen LogP contribution is 2.28. The van der Waals surface area contributed by atoms with Crippen LogP contribution in [0.3, 0.4) is 0 Å². The van der Waals surface area contributed by atoms with Gasteiger partial charge in [0.15, 0.2) is 0 Å². The normalized spacial score (nSPS) is 15.5. The molecule has 5 aromatic rings. The molecule has 1 aromatic heterocycles. The third-order valence-corrected chi connectivity index (χ3v) is 11.6. The van der Waals surface area contributed by atoms with Gasteiger partial charge in [-0.2, -0.15) is 0 Å². The molecular formula is C46H54N4O3. The lowest BCUT2D eigenvalue weighted by molar-refractivity contribution is -0.131. The SMILES string of the molecule is O=C(CCc1c[nH]c2ccccc12)N(CCc1ccc(O)cc1)Cc1cccc(-c2cccc(C(=O)N3CCC(CCCC4CCNCC4)CC3)c2)c1. The lowest BCUT2D eigenvalue weighted by Crippen LogP contribution is -2.38. The molecule has 7 nitrogen and oxygen atoms in total. The third-order valence-electron chi connectivity index (χ3n) is 11.6. The molecule has 3 N–H and O–H groups in total. The second-order valence-corrected chi connectivity index (χ2v) is 15.2. The minimum atomic E-state index is 0.109. The molecule has 0 aliphatic carbocycles. The minimum Gasteiger partial charge on any atom is -0.508 e. The molecule has 2 amide bonds. The van der Waals surface area contributed by atoms with E-state index < -0.39 is 0 Å². The van der Waals surface area contributed by atoms with Gasteiger partial charge in [0.2, 0.25) is 5.91 Å². The van der Waals surface area contributed by atoms with Gasteiger partial charge in [-0.25, -0.2) is 0 Å². The minimum absolute atomic E-state index is 0.109. The van der Waals surface area contributed by atoms with Crippen LogP contribution in [0.15, 0.2) is 103 Å². The van der Waals surface area contributed by atoms with Gasteiger partial charge in [-0.15, -0.1) is 0 Å². The second kappa shape index (κ2) is 17.8. The van der Waals surface area contributed by atoms with E-state index in [9.17, 15) is 14.7 Å². The van der Waals surface area contributed by atoms with Crippen LogP contribution < -0.4 is 5.32 Å². The van der Waals surface area contributed by atoms with E-state index in [4.69, 9.17) is 0 Å².